The zero-order valence-electron chi connectivity index (χ0n) is 25.0. The van der Waals surface area contributed by atoms with E-state index in [0.29, 0.717) is 32.3 Å². The fraction of sp³-hybridized carbons (Fsp3) is 0.862. The lowest BCUT2D eigenvalue weighted by Crippen LogP contribution is -2.51. The van der Waals surface area contributed by atoms with Gasteiger partial charge >= 0.3 is 0 Å². The van der Waals surface area contributed by atoms with Crippen LogP contribution in [0.5, 0.6) is 0 Å². The second-order valence-electron chi connectivity index (χ2n) is 14.0. The molecule has 3 amide bonds. The molecule has 1 aliphatic heterocycles. The number of carbonyl (C=O) groups is 4. The maximum atomic E-state index is 13.2. The van der Waals surface area contributed by atoms with E-state index < -0.39 is 16.6 Å². The Labute approximate surface area is 219 Å². The van der Waals surface area contributed by atoms with Crippen molar-refractivity contribution in [3.63, 3.8) is 0 Å². The van der Waals surface area contributed by atoms with Crippen LogP contribution in [0.4, 0.5) is 0 Å². The van der Waals surface area contributed by atoms with Crippen LogP contribution in [-0.4, -0.2) is 52.2 Å². The van der Waals surface area contributed by atoms with Gasteiger partial charge in [0.25, 0.3) is 0 Å². The first-order valence-electron chi connectivity index (χ1n) is 13.4. The lowest BCUT2D eigenvalue weighted by atomic mass is 9.79. The molecule has 0 aromatic carbocycles. The second-order valence-corrected chi connectivity index (χ2v) is 14.0. The number of nitrogens with one attached hydrogen (secondary N) is 1. The molecule has 36 heavy (non-hydrogen) atoms. The molecule has 1 saturated heterocycles. The molecule has 7 heteroatoms. The summed E-state index contributed by atoms with van der Waals surface area (Å²) in [7, 11) is 0. The third-order valence-corrected chi connectivity index (χ3v) is 7.38. The number of nitrogens with zero attached hydrogens (tertiary/aromatic N) is 1. The van der Waals surface area contributed by atoms with Gasteiger partial charge in [0, 0.05) is 42.4 Å². The van der Waals surface area contributed by atoms with Crippen LogP contribution in [0.2, 0.25) is 0 Å². The summed E-state index contributed by atoms with van der Waals surface area (Å²) in [4.78, 5) is 52.2. The third-order valence-electron chi connectivity index (χ3n) is 7.38. The standard InChI is InChI=1S/C29H52N2O5/c1-19(2)22(32)13-14-29(11,12)36-16-15-28(9,10)30-25(35)27(7,8)18-20(3)31-23(33)17-21(24(31)34)26(4,5)6/h19-21H,13-18H2,1-12H3,(H,30,35). The van der Waals surface area contributed by atoms with Crippen molar-refractivity contribution in [3.05, 3.63) is 0 Å². The molecule has 0 bridgehead atoms. The van der Waals surface area contributed by atoms with Gasteiger partial charge in [0.2, 0.25) is 17.7 Å². The van der Waals surface area contributed by atoms with Crippen molar-refractivity contribution in [3.8, 4) is 0 Å². The van der Waals surface area contributed by atoms with Gasteiger partial charge < -0.3 is 10.1 Å². The molecule has 2 unspecified atom stereocenters. The molecule has 1 fully saturated rings. The van der Waals surface area contributed by atoms with Crippen LogP contribution in [0, 0.1) is 22.7 Å². The summed E-state index contributed by atoms with van der Waals surface area (Å²) in [6.07, 6.45) is 2.38. The highest BCUT2D eigenvalue weighted by Crippen LogP contribution is 2.38. The molecule has 208 valence electrons. The Hall–Kier alpha value is -1.76. The van der Waals surface area contributed by atoms with E-state index in [4.69, 9.17) is 4.74 Å². The molecule has 0 aromatic rings. The molecule has 0 aliphatic carbocycles. The van der Waals surface area contributed by atoms with Gasteiger partial charge in [0.15, 0.2) is 0 Å². The van der Waals surface area contributed by atoms with E-state index in [9.17, 15) is 19.2 Å². The molecule has 0 spiro atoms. The first-order valence-corrected chi connectivity index (χ1v) is 13.4. The van der Waals surface area contributed by atoms with E-state index in [1.165, 1.54) is 4.90 Å². The Morgan fingerprint density at radius 2 is 1.53 bits per heavy atom. The van der Waals surface area contributed by atoms with Crippen molar-refractivity contribution >= 4 is 23.5 Å². The van der Waals surface area contributed by atoms with Crippen LogP contribution < -0.4 is 5.32 Å². The van der Waals surface area contributed by atoms with Crippen molar-refractivity contribution < 1.29 is 23.9 Å². The van der Waals surface area contributed by atoms with Crippen molar-refractivity contribution in [1.29, 1.82) is 0 Å². The lowest BCUT2D eigenvalue weighted by Gasteiger charge is -2.36. The predicted molar refractivity (Wildman–Crippen MR) is 143 cm³/mol. The summed E-state index contributed by atoms with van der Waals surface area (Å²) in [6, 6.07) is -0.362. The number of Topliss-reactive ketones (excluding diaryl/α,β-unsaturated/α-hetero) is 1. The second kappa shape index (κ2) is 11.7. The largest absolute Gasteiger partial charge is 0.375 e. The Balaban J connectivity index is 2.67. The number of imide groups is 1. The molecule has 0 radical (unpaired) electrons. The van der Waals surface area contributed by atoms with E-state index in [0.717, 1.165) is 0 Å². The molecular formula is C29H52N2O5. The average molecular weight is 509 g/mol. The number of rotatable bonds is 13. The molecule has 0 aromatic heterocycles. The summed E-state index contributed by atoms with van der Waals surface area (Å²) in [5.41, 5.74) is -1.97. The molecule has 2 atom stereocenters. The minimum Gasteiger partial charge on any atom is -0.375 e. The minimum atomic E-state index is -0.769. The molecule has 0 saturated carbocycles. The topological polar surface area (TPSA) is 92.8 Å². The zero-order valence-corrected chi connectivity index (χ0v) is 25.0. The van der Waals surface area contributed by atoms with Crippen LogP contribution in [0.3, 0.4) is 0 Å². The van der Waals surface area contributed by atoms with E-state index in [-0.39, 0.29) is 53.2 Å². The number of amides is 3. The van der Waals surface area contributed by atoms with Gasteiger partial charge in [-0.15, -0.1) is 0 Å². The van der Waals surface area contributed by atoms with Crippen LogP contribution in [0.25, 0.3) is 0 Å². The third kappa shape index (κ3) is 9.28. The summed E-state index contributed by atoms with van der Waals surface area (Å²) >= 11 is 0. The Morgan fingerprint density at radius 3 is 2.00 bits per heavy atom. The fourth-order valence-electron chi connectivity index (χ4n) is 4.62. The van der Waals surface area contributed by atoms with E-state index in [2.05, 4.69) is 5.32 Å². The summed E-state index contributed by atoms with van der Waals surface area (Å²) in [5.74, 6) is -0.460. The number of carbonyl (C=O) groups excluding carboxylic acids is 4. The highest BCUT2D eigenvalue weighted by molar-refractivity contribution is 6.04. The van der Waals surface area contributed by atoms with Gasteiger partial charge in [0.05, 0.1) is 11.5 Å². The average Bonchev–Trinajstić information content (AvgIpc) is 2.99. The molecule has 1 heterocycles. The van der Waals surface area contributed by atoms with Crippen molar-refractivity contribution in [2.24, 2.45) is 22.7 Å². The molecule has 1 aliphatic rings. The quantitative estimate of drug-likeness (QED) is 0.341. The maximum Gasteiger partial charge on any atom is 0.233 e. The number of hydrogen-bond donors (Lipinski definition) is 1. The lowest BCUT2D eigenvalue weighted by molar-refractivity contribution is -0.145. The number of ketones is 1. The molecule has 1 rings (SSSR count). The maximum absolute atomic E-state index is 13.2. The van der Waals surface area contributed by atoms with E-state index in [1.54, 1.807) is 0 Å². The summed E-state index contributed by atoms with van der Waals surface area (Å²) < 4.78 is 6.07. The Morgan fingerprint density at radius 1 is 0.972 bits per heavy atom. The summed E-state index contributed by atoms with van der Waals surface area (Å²) in [6.45, 7) is 23.7. The zero-order chi connectivity index (χ0) is 28.3. The first-order chi connectivity index (χ1) is 16.1. The van der Waals surface area contributed by atoms with Crippen LogP contribution in [-0.2, 0) is 23.9 Å². The van der Waals surface area contributed by atoms with Crippen LogP contribution >= 0.6 is 0 Å². The first kappa shape index (κ1) is 32.3. The number of likely N-dealkylation sites (tertiary alicyclic amines) is 1. The van der Waals surface area contributed by atoms with Crippen LogP contribution in [0.1, 0.15) is 115 Å². The Kier molecular flexibility index (Phi) is 10.5. The minimum absolute atomic E-state index is 0.0302. The monoisotopic (exact) mass is 508 g/mol. The molecule has 7 nitrogen and oxygen atoms in total. The van der Waals surface area contributed by atoms with Gasteiger partial charge in [0.1, 0.15) is 5.78 Å². The van der Waals surface area contributed by atoms with Gasteiger partial charge in [-0.2, -0.15) is 0 Å². The SMILES string of the molecule is CC(C)C(=O)CCC(C)(C)OCCC(C)(C)NC(=O)C(C)(C)CC(C)N1C(=O)CC(C(C)(C)C)C1=O. The van der Waals surface area contributed by atoms with Gasteiger partial charge in [-0.1, -0.05) is 48.5 Å². The summed E-state index contributed by atoms with van der Waals surface area (Å²) in [5, 5.41) is 3.14. The predicted octanol–water partition coefficient (Wildman–Crippen LogP) is 5.30. The fourth-order valence-corrected chi connectivity index (χ4v) is 4.62. The van der Waals surface area contributed by atoms with E-state index in [1.807, 2.05) is 83.1 Å². The molecular weight excluding hydrogens is 456 g/mol. The van der Waals surface area contributed by atoms with Gasteiger partial charge in [-0.05, 0) is 59.3 Å². The Bertz CT molecular complexity index is 820. The van der Waals surface area contributed by atoms with Crippen molar-refractivity contribution in [1.82, 2.24) is 10.2 Å². The number of ether oxygens (including phenoxy) is 1. The van der Waals surface area contributed by atoms with Crippen LogP contribution in [0.15, 0.2) is 0 Å². The highest BCUT2D eigenvalue weighted by atomic mass is 16.5. The highest BCUT2D eigenvalue weighted by Gasteiger charge is 2.47. The van der Waals surface area contributed by atoms with Gasteiger partial charge in [-0.3, -0.25) is 24.1 Å². The van der Waals surface area contributed by atoms with Crippen molar-refractivity contribution in [2.45, 2.75) is 132 Å². The normalized spacial score (nSPS) is 18.7. The van der Waals surface area contributed by atoms with Gasteiger partial charge in [-0.25, -0.2) is 0 Å². The number of hydrogen-bond acceptors (Lipinski definition) is 5. The van der Waals surface area contributed by atoms with Crippen molar-refractivity contribution in [2.75, 3.05) is 6.61 Å². The van der Waals surface area contributed by atoms with E-state index >= 15 is 0 Å². The molecule has 1 N–H and O–H groups in total. The smallest absolute Gasteiger partial charge is 0.233 e.